The van der Waals surface area contributed by atoms with Crippen LogP contribution in [0.1, 0.15) is 25.6 Å². The monoisotopic (exact) mass is 310 g/mol. The highest BCUT2D eigenvalue weighted by molar-refractivity contribution is 7.92. The Balaban J connectivity index is 3.19. The highest BCUT2D eigenvalue weighted by Crippen LogP contribution is 2.35. The molecule has 0 spiro atoms. The predicted octanol–water partition coefficient (Wildman–Crippen LogP) is 1.04. The van der Waals surface area contributed by atoms with E-state index < -0.39 is 20.7 Å². The summed E-state index contributed by atoms with van der Waals surface area (Å²) in [6, 6.07) is 0. The molecule has 1 rings (SSSR count). The van der Waals surface area contributed by atoms with Crippen LogP contribution in [0.25, 0.3) is 0 Å². The number of aromatic nitrogens is 2. The Morgan fingerprint density at radius 3 is 2.63 bits per heavy atom. The molecule has 0 aliphatic heterocycles. The molecule has 0 radical (unpaired) electrons. The average Bonchev–Trinajstić information content (AvgIpc) is 2.65. The number of halogens is 1. The van der Waals surface area contributed by atoms with Gasteiger partial charge < -0.3 is 9.84 Å². The van der Waals surface area contributed by atoms with E-state index in [1.165, 1.54) is 24.7 Å². The molecule has 1 aromatic heterocycles. The molecule has 0 aliphatic rings. The van der Waals surface area contributed by atoms with Crippen LogP contribution in [0.2, 0.25) is 5.02 Å². The van der Waals surface area contributed by atoms with E-state index in [1.807, 2.05) is 0 Å². The number of nitrogens with zero attached hydrogens (tertiary/aromatic N) is 2. The molecule has 19 heavy (non-hydrogen) atoms. The van der Waals surface area contributed by atoms with Gasteiger partial charge in [-0.3, -0.25) is 4.68 Å². The third-order valence-electron chi connectivity index (χ3n) is 3.21. The van der Waals surface area contributed by atoms with Crippen molar-refractivity contribution in [3.8, 4) is 0 Å². The van der Waals surface area contributed by atoms with Crippen molar-refractivity contribution in [3.63, 3.8) is 0 Å². The first kappa shape index (κ1) is 16.4. The Morgan fingerprint density at radius 1 is 1.58 bits per heavy atom. The summed E-state index contributed by atoms with van der Waals surface area (Å²) in [6.07, 6.45) is 1.20. The molecule has 1 heterocycles. The summed E-state index contributed by atoms with van der Waals surface area (Å²) in [5.41, 5.74) is 0.286. The van der Waals surface area contributed by atoms with Crippen LogP contribution in [0.3, 0.4) is 0 Å². The number of hydrogen-bond acceptors (Lipinski definition) is 5. The van der Waals surface area contributed by atoms with E-state index in [1.54, 1.807) is 7.11 Å². The molecule has 0 bridgehead atoms. The van der Waals surface area contributed by atoms with Crippen molar-refractivity contribution in [1.29, 1.82) is 0 Å². The van der Waals surface area contributed by atoms with Crippen molar-refractivity contribution in [1.82, 2.24) is 9.78 Å². The van der Waals surface area contributed by atoms with E-state index in [0.29, 0.717) is 13.2 Å². The second-order valence-electron chi connectivity index (χ2n) is 4.87. The molecule has 0 fully saturated rings. The van der Waals surface area contributed by atoms with Crippen molar-refractivity contribution in [3.05, 3.63) is 16.9 Å². The van der Waals surface area contributed by atoms with E-state index in [0.717, 1.165) is 6.26 Å². The summed E-state index contributed by atoms with van der Waals surface area (Å²) in [4.78, 5) is 0. The predicted molar refractivity (Wildman–Crippen MR) is 73.0 cm³/mol. The van der Waals surface area contributed by atoms with E-state index in [9.17, 15) is 13.5 Å². The first-order chi connectivity index (χ1) is 8.63. The number of ether oxygens (including phenoxy) is 1. The van der Waals surface area contributed by atoms with Gasteiger partial charge in [-0.2, -0.15) is 5.10 Å². The zero-order valence-corrected chi connectivity index (χ0v) is 13.0. The number of rotatable bonds is 6. The van der Waals surface area contributed by atoms with Gasteiger partial charge in [0.05, 0.1) is 34.8 Å². The lowest BCUT2D eigenvalue weighted by Crippen LogP contribution is -2.39. The minimum Gasteiger partial charge on any atom is -0.385 e. The topological polar surface area (TPSA) is 81.4 Å². The number of aliphatic hydroxyl groups excluding tert-OH is 1. The Morgan fingerprint density at radius 2 is 2.16 bits per heavy atom. The van der Waals surface area contributed by atoms with Crippen LogP contribution in [-0.2, 0) is 21.1 Å². The van der Waals surface area contributed by atoms with Crippen LogP contribution in [-0.4, -0.2) is 48.0 Å². The normalized spacial score (nSPS) is 14.6. The molecule has 0 saturated heterocycles. The molecule has 0 amide bonds. The van der Waals surface area contributed by atoms with Gasteiger partial charge in [-0.25, -0.2) is 8.42 Å². The summed E-state index contributed by atoms with van der Waals surface area (Å²) in [5.74, 6) is 0. The lowest BCUT2D eigenvalue weighted by atomic mass is 10.0. The third kappa shape index (κ3) is 3.28. The molecular formula is C11H19ClN2O4S. The van der Waals surface area contributed by atoms with Crippen LogP contribution >= 0.6 is 11.6 Å². The number of aliphatic hydroxyl groups is 1. The van der Waals surface area contributed by atoms with Crippen LogP contribution in [0.5, 0.6) is 0 Å². The molecule has 1 N–H and O–H groups in total. The maximum atomic E-state index is 11.8. The Hall–Kier alpha value is -0.630. The van der Waals surface area contributed by atoms with Gasteiger partial charge >= 0.3 is 0 Å². The fourth-order valence-electron chi connectivity index (χ4n) is 1.53. The smallest absolute Gasteiger partial charge is 0.155 e. The summed E-state index contributed by atoms with van der Waals surface area (Å²) < 4.78 is 28.6. The summed E-state index contributed by atoms with van der Waals surface area (Å²) in [7, 11) is -1.92. The van der Waals surface area contributed by atoms with Crippen LogP contribution in [0.15, 0.2) is 6.20 Å². The molecule has 1 atom stereocenters. The van der Waals surface area contributed by atoms with Gasteiger partial charge in [-0.1, -0.05) is 11.6 Å². The molecule has 1 aromatic rings. The molecule has 110 valence electrons. The van der Waals surface area contributed by atoms with E-state index in [2.05, 4.69) is 5.10 Å². The average molecular weight is 311 g/mol. The van der Waals surface area contributed by atoms with Gasteiger partial charge in [0.25, 0.3) is 0 Å². The van der Waals surface area contributed by atoms with E-state index >= 15 is 0 Å². The van der Waals surface area contributed by atoms with Crippen molar-refractivity contribution in [2.75, 3.05) is 20.0 Å². The molecule has 6 nitrogen and oxygen atoms in total. The fraction of sp³-hybridized carbons (Fsp3) is 0.727. The molecule has 8 heteroatoms. The zero-order chi connectivity index (χ0) is 14.8. The van der Waals surface area contributed by atoms with Gasteiger partial charge in [-0.05, 0) is 13.8 Å². The van der Waals surface area contributed by atoms with Crippen molar-refractivity contribution < 1.29 is 18.3 Å². The SMILES string of the molecule is COCCn1ncc(Cl)c1C(O)C(C)(C)S(C)(=O)=O. The molecule has 0 aliphatic carbocycles. The molecule has 1 unspecified atom stereocenters. The number of hydrogen-bond donors (Lipinski definition) is 1. The highest BCUT2D eigenvalue weighted by atomic mass is 35.5. The van der Waals surface area contributed by atoms with Gasteiger partial charge in [0, 0.05) is 13.4 Å². The van der Waals surface area contributed by atoms with Crippen LogP contribution in [0.4, 0.5) is 0 Å². The van der Waals surface area contributed by atoms with Crippen molar-refractivity contribution >= 4 is 21.4 Å². The first-order valence-electron chi connectivity index (χ1n) is 5.70. The Labute approximate surface area is 118 Å². The Bertz CT molecular complexity index is 539. The van der Waals surface area contributed by atoms with E-state index in [4.69, 9.17) is 16.3 Å². The minimum absolute atomic E-state index is 0.236. The standard InChI is InChI=1S/C11H19ClN2O4S/c1-11(2,19(4,16)17)10(15)9-8(12)7-13-14(9)5-6-18-3/h7,10,15H,5-6H2,1-4H3. The van der Waals surface area contributed by atoms with Crippen LogP contribution in [0, 0.1) is 0 Å². The quantitative estimate of drug-likeness (QED) is 0.849. The number of sulfone groups is 1. The lowest BCUT2D eigenvalue weighted by Gasteiger charge is -2.29. The van der Waals surface area contributed by atoms with Crippen molar-refractivity contribution in [2.45, 2.75) is 31.2 Å². The second kappa shape index (κ2) is 5.78. The van der Waals surface area contributed by atoms with Gasteiger partial charge in [0.1, 0.15) is 6.10 Å². The lowest BCUT2D eigenvalue weighted by molar-refractivity contribution is 0.123. The largest absolute Gasteiger partial charge is 0.385 e. The first-order valence-corrected chi connectivity index (χ1v) is 7.97. The third-order valence-corrected chi connectivity index (χ3v) is 5.64. The molecular weight excluding hydrogens is 292 g/mol. The fourth-order valence-corrected chi connectivity index (χ4v) is 2.29. The minimum atomic E-state index is -3.46. The summed E-state index contributed by atoms with van der Waals surface area (Å²) in [6.45, 7) is 3.68. The van der Waals surface area contributed by atoms with Gasteiger partial charge in [0.2, 0.25) is 0 Å². The summed E-state index contributed by atoms with van der Waals surface area (Å²) in [5, 5.41) is 14.6. The Kier molecular flexibility index (Phi) is 5.00. The van der Waals surface area contributed by atoms with Crippen molar-refractivity contribution in [2.24, 2.45) is 0 Å². The van der Waals surface area contributed by atoms with Crippen LogP contribution < -0.4 is 0 Å². The summed E-state index contributed by atoms with van der Waals surface area (Å²) >= 11 is 6.00. The second-order valence-corrected chi connectivity index (χ2v) is 7.88. The maximum Gasteiger partial charge on any atom is 0.155 e. The van der Waals surface area contributed by atoms with Gasteiger partial charge in [-0.15, -0.1) is 0 Å². The highest BCUT2D eigenvalue weighted by Gasteiger charge is 2.41. The molecule has 0 saturated carbocycles. The zero-order valence-electron chi connectivity index (χ0n) is 11.4. The maximum absolute atomic E-state index is 11.8. The molecule has 0 aromatic carbocycles. The number of methoxy groups -OCH3 is 1. The van der Waals surface area contributed by atoms with E-state index in [-0.39, 0.29) is 10.7 Å². The van der Waals surface area contributed by atoms with Gasteiger partial charge in [0.15, 0.2) is 9.84 Å².